The fourth-order valence-electron chi connectivity index (χ4n) is 4.53. The van der Waals surface area contributed by atoms with Crippen LogP contribution in [0.5, 0.6) is 0 Å². The van der Waals surface area contributed by atoms with E-state index in [1.807, 2.05) is 53.1 Å². The first-order valence-corrected chi connectivity index (χ1v) is 13.5. The van der Waals surface area contributed by atoms with Gasteiger partial charge in [-0.15, -0.1) is 11.3 Å². The molecule has 1 aliphatic heterocycles. The van der Waals surface area contributed by atoms with Gasteiger partial charge in [-0.25, -0.2) is 4.98 Å². The number of carbonyl (C=O) groups is 1. The fraction of sp³-hybridized carbons (Fsp3) is 0.346. The number of halogens is 2. The molecule has 188 valence electrons. The van der Waals surface area contributed by atoms with E-state index in [0.29, 0.717) is 33.4 Å². The molecule has 5 rings (SSSR count). The smallest absolute Gasteiger partial charge is 0.271 e. The van der Waals surface area contributed by atoms with E-state index in [1.165, 1.54) is 11.3 Å². The van der Waals surface area contributed by atoms with Gasteiger partial charge in [-0.1, -0.05) is 58.7 Å². The molecule has 3 aromatic heterocycles. The number of thiophene rings is 1. The van der Waals surface area contributed by atoms with E-state index in [4.69, 9.17) is 27.7 Å². The van der Waals surface area contributed by atoms with Crippen LogP contribution in [0, 0.1) is 0 Å². The van der Waals surface area contributed by atoms with Crippen molar-refractivity contribution in [3.8, 4) is 22.0 Å². The number of nitrogens with one attached hydrogen (secondary N) is 1. The van der Waals surface area contributed by atoms with Crippen LogP contribution in [-0.4, -0.2) is 50.7 Å². The molecule has 0 saturated carbocycles. The number of rotatable bonds is 7. The molecule has 0 aliphatic carbocycles. The van der Waals surface area contributed by atoms with Gasteiger partial charge >= 0.3 is 0 Å². The molecule has 1 fully saturated rings. The van der Waals surface area contributed by atoms with Gasteiger partial charge in [-0.05, 0) is 38.8 Å². The number of likely N-dealkylation sites (tertiary alicyclic amines) is 1. The zero-order valence-electron chi connectivity index (χ0n) is 20.1. The summed E-state index contributed by atoms with van der Waals surface area (Å²) in [5.41, 5.74) is 1.84. The molecule has 0 radical (unpaired) electrons. The first-order chi connectivity index (χ1) is 17.4. The van der Waals surface area contributed by atoms with E-state index >= 15 is 0 Å². The van der Waals surface area contributed by atoms with E-state index in [2.05, 4.69) is 34.2 Å². The van der Waals surface area contributed by atoms with Gasteiger partial charge in [0.1, 0.15) is 17.2 Å². The molecule has 0 unspecified atom stereocenters. The van der Waals surface area contributed by atoms with Crippen molar-refractivity contribution in [2.75, 3.05) is 13.1 Å². The number of carbonyl (C=O) groups excluding carboxylic acids is 1. The number of aromatic nitrogens is 3. The summed E-state index contributed by atoms with van der Waals surface area (Å²) >= 11 is 14.1. The van der Waals surface area contributed by atoms with Gasteiger partial charge in [0.2, 0.25) is 0 Å². The van der Waals surface area contributed by atoms with Crippen LogP contribution in [-0.2, 0) is 6.54 Å². The Morgan fingerprint density at radius 1 is 1.17 bits per heavy atom. The highest BCUT2D eigenvalue weighted by atomic mass is 35.5. The molecule has 7 nitrogen and oxygen atoms in total. The average Bonchev–Trinajstić information content (AvgIpc) is 3.59. The van der Waals surface area contributed by atoms with Crippen molar-refractivity contribution < 1.29 is 9.32 Å². The molecule has 1 aromatic carbocycles. The van der Waals surface area contributed by atoms with Gasteiger partial charge in [0, 0.05) is 36.8 Å². The third-order valence-corrected chi connectivity index (χ3v) is 7.97. The minimum atomic E-state index is -0.230. The Kier molecular flexibility index (Phi) is 7.48. The number of imidazole rings is 1. The van der Waals surface area contributed by atoms with Crippen LogP contribution < -0.4 is 5.32 Å². The topological polar surface area (TPSA) is 76.2 Å². The van der Waals surface area contributed by atoms with Crippen LogP contribution >= 0.6 is 34.5 Å². The van der Waals surface area contributed by atoms with Gasteiger partial charge in [0.05, 0.1) is 15.8 Å². The minimum Gasteiger partial charge on any atom is -0.355 e. The molecule has 10 heteroatoms. The van der Waals surface area contributed by atoms with E-state index in [9.17, 15) is 4.79 Å². The monoisotopic (exact) mass is 543 g/mol. The van der Waals surface area contributed by atoms with Gasteiger partial charge < -0.3 is 19.3 Å². The average molecular weight is 545 g/mol. The number of piperidine rings is 1. The largest absolute Gasteiger partial charge is 0.355 e. The zero-order valence-corrected chi connectivity index (χ0v) is 22.4. The molecule has 4 aromatic rings. The van der Waals surface area contributed by atoms with Crippen LogP contribution in [0.1, 0.15) is 42.9 Å². The van der Waals surface area contributed by atoms with E-state index < -0.39 is 0 Å². The van der Waals surface area contributed by atoms with Crippen molar-refractivity contribution in [1.82, 2.24) is 24.9 Å². The Labute approximate surface area is 224 Å². The molecule has 4 heterocycles. The third-order valence-electron chi connectivity index (χ3n) is 6.46. The van der Waals surface area contributed by atoms with Gasteiger partial charge in [0.25, 0.3) is 5.91 Å². The predicted molar refractivity (Wildman–Crippen MR) is 144 cm³/mol. The third kappa shape index (κ3) is 5.37. The Bertz CT molecular complexity index is 1340. The van der Waals surface area contributed by atoms with E-state index in [0.717, 1.165) is 36.4 Å². The number of benzene rings is 1. The molecule has 1 saturated heterocycles. The maximum atomic E-state index is 13.5. The zero-order chi connectivity index (χ0) is 25.2. The SMILES string of the molecule is CC(C)N1CCC(NC(=O)c2c(Cl)nc(-c3ccccc3)n2Cc2cc(-c3ccc(Cl)s3)on2)CC1. The van der Waals surface area contributed by atoms with Crippen molar-refractivity contribution in [3.63, 3.8) is 0 Å². The van der Waals surface area contributed by atoms with Crippen LogP contribution in [0.3, 0.4) is 0 Å². The molecule has 1 N–H and O–H groups in total. The summed E-state index contributed by atoms with van der Waals surface area (Å²) in [4.78, 5) is 21.4. The van der Waals surface area contributed by atoms with Crippen LogP contribution in [0.25, 0.3) is 22.0 Å². The minimum absolute atomic E-state index is 0.0920. The summed E-state index contributed by atoms with van der Waals surface area (Å²) in [6.45, 7) is 6.59. The van der Waals surface area contributed by atoms with Crippen LogP contribution in [0.2, 0.25) is 9.49 Å². The summed E-state index contributed by atoms with van der Waals surface area (Å²) in [7, 11) is 0. The predicted octanol–water partition coefficient (Wildman–Crippen LogP) is 6.22. The Balaban J connectivity index is 1.43. The molecule has 1 amide bonds. The van der Waals surface area contributed by atoms with E-state index in [-0.39, 0.29) is 23.6 Å². The fourth-order valence-corrected chi connectivity index (χ4v) is 5.79. The van der Waals surface area contributed by atoms with Crippen LogP contribution in [0.15, 0.2) is 53.1 Å². The summed E-state index contributed by atoms with van der Waals surface area (Å²) in [6, 6.07) is 15.8. The Morgan fingerprint density at radius 2 is 1.92 bits per heavy atom. The van der Waals surface area contributed by atoms with Gasteiger partial charge in [-0.2, -0.15) is 0 Å². The Morgan fingerprint density at radius 3 is 2.58 bits per heavy atom. The molecule has 0 spiro atoms. The summed E-state index contributed by atoms with van der Waals surface area (Å²) in [5, 5.41) is 7.60. The standard InChI is InChI=1S/C26H27Cl2N5O2S/c1-16(2)32-12-10-18(11-13-32)29-26(34)23-24(28)30-25(17-6-4-3-5-7-17)33(23)15-19-14-20(35-31-19)21-8-9-22(27)36-21/h3-9,14,16,18H,10-13,15H2,1-2H3,(H,29,34). The second kappa shape index (κ2) is 10.8. The quantitative estimate of drug-likeness (QED) is 0.299. The van der Waals surface area contributed by atoms with Crippen molar-refractivity contribution in [1.29, 1.82) is 0 Å². The molecule has 1 aliphatic rings. The molecular weight excluding hydrogens is 517 g/mol. The second-order valence-corrected chi connectivity index (χ2v) is 11.3. The van der Waals surface area contributed by atoms with Crippen molar-refractivity contribution in [2.45, 2.75) is 45.3 Å². The van der Waals surface area contributed by atoms with Crippen molar-refractivity contribution in [2.24, 2.45) is 0 Å². The van der Waals surface area contributed by atoms with Crippen molar-refractivity contribution in [3.05, 3.63) is 69.4 Å². The maximum Gasteiger partial charge on any atom is 0.271 e. The molecular formula is C26H27Cl2N5O2S. The lowest BCUT2D eigenvalue weighted by Gasteiger charge is -2.34. The first kappa shape index (κ1) is 25.0. The molecule has 0 bridgehead atoms. The highest BCUT2D eigenvalue weighted by Crippen LogP contribution is 2.32. The number of amides is 1. The normalized spacial score (nSPS) is 15.0. The lowest BCUT2D eigenvalue weighted by molar-refractivity contribution is 0.0892. The van der Waals surface area contributed by atoms with E-state index in [1.54, 1.807) is 0 Å². The van der Waals surface area contributed by atoms with Gasteiger partial charge in [-0.3, -0.25) is 4.79 Å². The number of hydrogen-bond acceptors (Lipinski definition) is 6. The van der Waals surface area contributed by atoms with Crippen LogP contribution in [0.4, 0.5) is 0 Å². The summed E-state index contributed by atoms with van der Waals surface area (Å²) < 4.78 is 8.06. The molecule has 0 atom stereocenters. The lowest BCUT2D eigenvalue weighted by atomic mass is 10.0. The molecule has 36 heavy (non-hydrogen) atoms. The Hall–Kier alpha value is -2.65. The summed E-state index contributed by atoms with van der Waals surface area (Å²) in [5.74, 6) is 0.993. The van der Waals surface area contributed by atoms with Crippen molar-refractivity contribution >= 4 is 40.4 Å². The van der Waals surface area contributed by atoms with Gasteiger partial charge in [0.15, 0.2) is 10.9 Å². The second-order valence-electron chi connectivity index (χ2n) is 9.19. The lowest BCUT2D eigenvalue weighted by Crippen LogP contribution is -2.47. The number of nitrogens with zero attached hydrogens (tertiary/aromatic N) is 4. The number of hydrogen-bond donors (Lipinski definition) is 1. The highest BCUT2D eigenvalue weighted by Gasteiger charge is 2.28. The highest BCUT2D eigenvalue weighted by molar-refractivity contribution is 7.19. The first-order valence-electron chi connectivity index (χ1n) is 12.0. The summed E-state index contributed by atoms with van der Waals surface area (Å²) in [6.07, 6.45) is 1.80. The maximum absolute atomic E-state index is 13.5.